The van der Waals surface area contributed by atoms with Gasteiger partial charge in [0, 0.05) is 35.9 Å². The van der Waals surface area contributed by atoms with Crippen LogP contribution in [-0.2, 0) is 23.1 Å². The van der Waals surface area contributed by atoms with Crippen LogP contribution in [-0.4, -0.2) is 18.0 Å². The molecule has 2 aromatic rings. The molecule has 6 nitrogen and oxygen atoms in total. The summed E-state index contributed by atoms with van der Waals surface area (Å²) in [6.45, 7) is 2.49. The maximum Gasteiger partial charge on any atom is 0.242 e. The minimum Gasteiger partial charge on any atom is -0.346 e. The Morgan fingerprint density at radius 2 is 2.29 bits per heavy atom. The van der Waals surface area contributed by atoms with E-state index in [2.05, 4.69) is 9.71 Å². The van der Waals surface area contributed by atoms with Crippen molar-refractivity contribution in [2.75, 3.05) is 0 Å². The number of thiazole rings is 1. The Hall–Kier alpha value is -1.22. The lowest BCUT2D eigenvalue weighted by atomic mass is 10.4. The second-order valence-electron chi connectivity index (χ2n) is 5.20. The van der Waals surface area contributed by atoms with E-state index in [1.165, 1.54) is 11.3 Å². The van der Waals surface area contributed by atoms with Crippen molar-refractivity contribution in [1.29, 1.82) is 0 Å². The molecule has 21 heavy (non-hydrogen) atoms. The Balaban J connectivity index is 1.79. The Morgan fingerprint density at radius 3 is 2.86 bits per heavy atom. The minimum atomic E-state index is -3.52. The molecule has 0 aromatic carbocycles. The lowest BCUT2D eigenvalue weighted by molar-refractivity contribution is 0.581. The zero-order chi connectivity index (χ0) is 15.0. The van der Waals surface area contributed by atoms with E-state index in [-0.39, 0.29) is 11.4 Å². The number of hydrogen-bond donors (Lipinski definition) is 2. The van der Waals surface area contributed by atoms with Crippen LogP contribution in [0.15, 0.2) is 22.7 Å². The summed E-state index contributed by atoms with van der Waals surface area (Å²) in [4.78, 5) is 5.33. The molecule has 1 aliphatic rings. The van der Waals surface area contributed by atoms with Gasteiger partial charge in [0.2, 0.25) is 10.0 Å². The van der Waals surface area contributed by atoms with Crippen molar-refractivity contribution in [2.45, 2.75) is 43.8 Å². The Bertz CT molecular complexity index is 744. The largest absolute Gasteiger partial charge is 0.346 e. The molecule has 0 aliphatic heterocycles. The van der Waals surface area contributed by atoms with Crippen LogP contribution >= 0.6 is 11.3 Å². The topological polar surface area (TPSA) is 90.0 Å². The van der Waals surface area contributed by atoms with Crippen molar-refractivity contribution in [2.24, 2.45) is 5.73 Å². The van der Waals surface area contributed by atoms with Gasteiger partial charge in [-0.05, 0) is 25.8 Å². The van der Waals surface area contributed by atoms with Crippen LogP contribution in [0.1, 0.15) is 35.1 Å². The number of rotatable bonds is 6. The average Bonchev–Trinajstić information content (AvgIpc) is 3.06. The molecule has 8 heteroatoms. The molecule has 1 fully saturated rings. The molecule has 0 amide bonds. The summed E-state index contributed by atoms with van der Waals surface area (Å²) in [5.74, 6) is 0. The zero-order valence-electron chi connectivity index (χ0n) is 11.7. The average molecular weight is 326 g/mol. The normalized spacial score (nSPS) is 15.5. The fraction of sp³-hybridized carbons (Fsp3) is 0.462. The molecule has 1 aliphatic carbocycles. The molecule has 0 radical (unpaired) electrons. The maximum absolute atomic E-state index is 12.4. The van der Waals surface area contributed by atoms with Gasteiger partial charge in [-0.2, -0.15) is 0 Å². The number of sulfonamides is 1. The van der Waals surface area contributed by atoms with Gasteiger partial charge in [0.25, 0.3) is 0 Å². The first-order valence-corrected chi connectivity index (χ1v) is 9.17. The van der Waals surface area contributed by atoms with Crippen molar-refractivity contribution >= 4 is 21.4 Å². The molecule has 3 rings (SSSR count). The lowest BCUT2D eigenvalue weighted by Crippen LogP contribution is -2.22. The number of nitrogens with two attached hydrogens (primary N) is 1. The van der Waals surface area contributed by atoms with E-state index in [4.69, 9.17) is 5.73 Å². The van der Waals surface area contributed by atoms with Crippen LogP contribution in [0.2, 0.25) is 0 Å². The number of nitrogens with one attached hydrogen (secondary N) is 1. The second-order valence-corrected chi connectivity index (χ2v) is 7.90. The first kappa shape index (κ1) is 14.7. The Labute approximate surface area is 128 Å². The molecule has 0 spiro atoms. The number of aromatic nitrogens is 2. The molecule has 0 saturated heterocycles. The van der Waals surface area contributed by atoms with Crippen molar-refractivity contribution in [1.82, 2.24) is 14.3 Å². The van der Waals surface area contributed by atoms with Crippen LogP contribution in [0.25, 0.3) is 0 Å². The number of aryl methyl sites for hydroxylation is 1. The van der Waals surface area contributed by atoms with E-state index < -0.39 is 10.0 Å². The molecule has 3 N–H and O–H groups in total. The molecule has 0 atom stereocenters. The highest BCUT2D eigenvalue weighted by atomic mass is 32.2. The fourth-order valence-corrected chi connectivity index (χ4v) is 4.09. The molecular formula is C13H18N4O2S2. The van der Waals surface area contributed by atoms with E-state index in [1.54, 1.807) is 17.8 Å². The van der Waals surface area contributed by atoms with E-state index in [1.807, 2.05) is 11.5 Å². The van der Waals surface area contributed by atoms with Gasteiger partial charge in [0.05, 0.1) is 16.1 Å². The van der Waals surface area contributed by atoms with E-state index >= 15 is 0 Å². The summed E-state index contributed by atoms with van der Waals surface area (Å²) < 4.78 is 29.4. The summed E-state index contributed by atoms with van der Waals surface area (Å²) in [7, 11) is -3.52. The van der Waals surface area contributed by atoms with Gasteiger partial charge in [-0.1, -0.05) is 0 Å². The first-order valence-electron chi connectivity index (χ1n) is 6.80. The van der Waals surface area contributed by atoms with Crippen molar-refractivity contribution in [3.8, 4) is 0 Å². The summed E-state index contributed by atoms with van der Waals surface area (Å²) in [6.07, 6.45) is 3.88. The monoisotopic (exact) mass is 326 g/mol. The van der Waals surface area contributed by atoms with Crippen LogP contribution in [0.3, 0.4) is 0 Å². The van der Waals surface area contributed by atoms with E-state index in [9.17, 15) is 8.42 Å². The zero-order valence-corrected chi connectivity index (χ0v) is 13.4. The third-order valence-electron chi connectivity index (χ3n) is 3.63. The third kappa shape index (κ3) is 3.03. The standard InChI is InChI=1S/C13H18N4O2S2/c1-9-13(20-8-15-9)6-16-21(18,19)12-4-11(5-14)17(7-12)10-2-3-10/h4,7-8,10,16H,2-3,5-6,14H2,1H3. The molecule has 2 heterocycles. The highest BCUT2D eigenvalue weighted by molar-refractivity contribution is 7.89. The van der Waals surface area contributed by atoms with Crippen LogP contribution in [0.4, 0.5) is 0 Å². The number of nitrogens with zero attached hydrogens (tertiary/aromatic N) is 2. The van der Waals surface area contributed by atoms with Gasteiger partial charge < -0.3 is 10.3 Å². The summed E-state index contributed by atoms with van der Waals surface area (Å²) in [5.41, 5.74) is 9.15. The molecule has 0 unspecified atom stereocenters. The molecule has 2 aromatic heterocycles. The van der Waals surface area contributed by atoms with Crippen LogP contribution < -0.4 is 10.5 Å². The van der Waals surface area contributed by atoms with Gasteiger partial charge in [0.15, 0.2) is 0 Å². The highest BCUT2D eigenvalue weighted by Crippen LogP contribution is 2.37. The molecule has 0 bridgehead atoms. The van der Waals surface area contributed by atoms with Gasteiger partial charge in [0.1, 0.15) is 0 Å². The smallest absolute Gasteiger partial charge is 0.242 e. The summed E-state index contributed by atoms with van der Waals surface area (Å²) in [6, 6.07) is 2.08. The quantitative estimate of drug-likeness (QED) is 0.842. The SMILES string of the molecule is Cc1ncsc1CNS(=O)(=O)c1cc(CN)n(C2CC2)c1. The van der Waals surface area contributed by atoms with Gasteiger partial charge >= 0.3 is 0 Å². The summed E-state index contributed by atoms with van der Waals surface area (Å²) in [5, 5.41) is 0. The van der Waals surface area contributed by atoms with Crippen LogP contribution in [0.5, 0.6) is 0 Å². The fourth-order valence-electron chi connectivity index (χ4n) is 2.24. The minimum absolute atomic E-state index is 0.269. The van der Waals surface area contributed by atoms with E-state index in [0.29, 0.717) is 12.6 Å². The predicted molar refractivity (Wildman–Crippen MR) is 81.5 cm³/mol. The molecular weight excluding hydrogens is 308 g/mol. The Morgan fingerprint density at radius 1 is 1.52 bits per heavy atom. The van der Waals surface area contributed by atoms with Gasteiger partial charge in [-0.15, -0.1) is 11.3 Å². The molecule has 114 valence electrons. The van der Waals surface area contributed by atoms with Crippen LogP contribution in [0, 0.1) is 6.92 Å². The maximum atomic E-state index is 12.4. The van der Waals surface area contributed by atoms with Crippen molar-refractivity contribution in [3.05, 3.63) is 34.0 Å². The first-order chi connectivity index (χ1) is 10.0. The predicted octanol–water partition coefficient (Wildman–Crippen LogP) is 1.53. The summed E-state index contributed by atoms with van der Waals surface area (Å²) >= 11 is 1.45. The number of hydrogen-bond acceptors (Lipinski definition) is 5. The van der Waals surface area contributed by atoms with Gasteiger partial charge in [-0.3, -0.25) is 0 Å². The van der Waals surface area contributed by atoms with Crippen molar-refractivity contribution < 1.29 is 8.42 Å². The Kier molecular flexibility index (Phi) is 3.87. The van der Waals surface area contributed by atoms with Crippen molar-refractivity contribution in [3.63, 3.8) is 0 Å². The molecule has 1 saturated carbocycles. The second kappa shape index (κ2) is 5.53. The highest BCUT2D eigenvalue weighted by Gasteiger charge is 2.27. The van der Waals surface area contributed by atoms with Gasteiger partial charge in [-0.25, -0.2) is 18.1 Å². The third-order valence-corrected chi connectivity index (χ3v) is 5.94. The van der Waals surface area contributed by atoms with E-state index in [0.717, 1.165) is 29.1 Å². The lowest BCUT2D eigenvalue weighted by Gasteiger charge is -2.04.